The first-order valence-corrected chi connectivity index (χ1v) is 12.0. The molecule has 11 heteroatoms. The van der Waals surface area contributed by atoms with E-state index in [-0.39, 0.29) is 11.6 Å². The van der Waals surface area contributed by atoms with Crippen molar-refractivity contribution in [2.24, 2.45) is 11.8 Å². The molecule has 1 aromatic carbocycles. The van der Waals surface area contributed by atoms with Gasteiger partial charge in [0.15, 0.2) is 17.5 Å². The van der Waals surface area contributed by atoms with Crippen LogP contribution in [0.2, 0.25) is 0 Å². The predicted octanol–water partition coefficient (Wildman–Crippen LogP) is 3.19. The molecule has 3 aliphatic rings. The molecule has 1 saturated carbocycles. The van der Waals surface area contributed by atoms with E-state index in [1.165, 1.54) is 6.07 Å². The highest BCUT2D eigenvalue weighted by atomic mass is 19.2. The Morgan fingerprint density at radius 3 is 2.80 bits per heavy atom. The Bertz CT molecular complexity index is 1210. The number of rotatable bonds is 5. The number of anilines is 2. The van der Waals surface area contributed by atoms with Crippen molar-refractivity contribution in [1.29, 1.82) is 0 Å². The summed E-state index contributed by atoms with van der Waals surface area (Å²) in [6, 6.07) is 6.29. The van der Waals surface area contributed by atoms with Crippen molar-refractivity contribution >= 4 is 11.6 Å². The van der Waals surface area contributed by atoms with Gasteiger partial charge in [-0.3, -0.25) is 0 Å². The molecule has 4 heterocycles. The van der Waals surface area contributed by atoms with Crippen LogP contribution in [-0.4, -0.2) is 57.8 Å². The minimum Gasteiger partial charge on any atom is -0.480 e. The molecule has 0 unspecified atom stereocenters. The second-order valence-electron chi connectivity index (χ2n) is 9.39. The normalized spacial score (nSPS) is 25.7. The number of ether oxygens (including phenoxy) is 2. The average Bonchev–Trinajstić information content (AvgIpc) is 3.28. The molecule has 4 atom stereocenters. The summed E-state index contributed by atoms with van der Waals surface area (Å²) >= 11 is 0. The van der Waals surface area contributed by atoms with Gasteiger partial charge in [-0.1, -0.05) is 12.1 Å². The molecule has 2 aromatic heterocycles. The fourth-order valence-corrected chi connectivity index (χ4v) is 5.64. The van der Waals surface area contributed by atoms with Crippen molar-refractivity contribution in [3.05, 3.63) is 53.5 Å². The van der Waals surface area contributed by atoms with Crippen LogP contribution in [0, 0.1) is 23.5 Å². The molecule has 1 saturated heterocycles. The van der Waals surface area contributed by atoms with Crippen LogP contribution in [0.1, 0.15) is 36.8 Å². The summed E-state index contributed by atoms with van der Waals surface area (Å²) in [5.41, 5.74) is 1.15. The lowest BCUT2D eigenvalue weighted by Gasteiger charge is -2.39. The van der Waals surface area contributed by atoms with Gasteiger partial charge in [0.05, 0.1) is 19.0 Å². The number of halogens is 2. The standard InChI is InChI=1S/C24H27F2N7O2/c1-34-19-10-16(11-27-30-19)32-12-14-6-7-15(13-32)21(14)28-24-29-23-22(35-9-3-8-33(23)31-24)17-4-2-5-18(25)20(17)26/h2,4-5,10-11,14-15,21-22H,3,6-9,12-13H2,1H3,(H,28,31)/t14-,15+,21-,22-/m0/s1. The van der Waals surface area contributed by atoms with Crippen LogP contribution >= 0.6 is 0 Å². The van der Waals surface area contributed by atoms with E-state index in [0.29, 0.717) is 42.6 Å². The van der Waals surface area contributed by atoms with Gasteiger partial charge in [0.25, 0.3) is 0 Å². The number of hydrogen-bond acceptors (Lipinski definition) is 8. The van der Waals surface area contributed by atoms with Crippen molar-refractivity contribution in [3.8, 4) is 5.88 Å². The zero-order chi connectivity index (χ0) is 23.9. The second kappa shape index (κ2) is 9.03. The molecule has 9 nitrogen and oxygen atoms in total. The Labute approximate surface area is 201 Å². The Hall–Kier alpha value is -3.34. The van der Waals surface area contributed by atoms with Crippen molar-refractivity contribution in [1.82, 2.24) is 25.0 Å². The van der Waals surface area contributed by atoms with Crippen LogP contribution in [-0.2, 0) is 11.3 Å². The van der Waals surface area contributed by atoms with E-state index in [9.17, 15) is 8.78 Å². The quantitative estimate of drug-likeness (QED) is 0.592. The fraction of sp³-hybridized carbons (Fsp3) is 0.500. The lowest BCUT2D eigenvalue weighted by molar-refractivity contribution is 0.0782. The number of hydrogen-bond donors (Lipinski definition) is 1. The van der Waals surface area contributed by atoms with E-state index < -0.39 is 17.7 Å². The van der Waals surface area contributed by atoms with Gasteiger partial charge in [-0.25, -0.2) is 13.5 Å². The maximum absolute atomic E-state index is 14.6. The van der Waals surface area contributed by atoms with Gasteiger partial charge >= 0.3 is 0 Å². The fourth-order valence-electron chi connectivity index (χ4n) is 5.64. The third kappa shape index (κ3) is 4.07. The highest BCUT2D eigenvalue weighted by Gasteiger charge is 2.43. The summed E-state index contributed by atoms with van der Waals surface area (Å²) in [5, 5.41) is 16.3. The summed E-state index contributed by atoms with van der Waals surface area (Å²) in [4.78, 5) is 7.05. The van der Waals surface area contributed by atoms with Crippen molar-refractivity contribution in [3.63, 3.8) is 0 Å². The number of methoxy groups -OCH3 is 1. The minimum atomic E-state index is -0.906. The summed E-state index contributed by atoms with van der Waals surface area (Å²) in [6.07, 6.45) is 3.92. The topological polar surface area (TPSA) is 90.2 Å². The van der Waals surface area contributed by atoms with Gasteiger partial charge in [-0.05, 0) is 37.2 Å². The summed E-state index contributed by atoms with van der Waals surface area (Å²) in [7, 11) is 1.59. The van der Waals surface area contributed by atoms with E-state index >= 15 is 0 Å². The third-order valence-electron chi connectivity index (χ3n) is 7.32. The molecular formula is C24H27F2N7O2. The van der Waals surface area contributed by atoms with Crippen LogP contribution in [0.25, 0.3) is 0 Å². The molecule has 2 bridgehead atoms. The Morgan fingerprint density at radius 2 is 2.00 bits per heavy atom. The molecule has 184 valence electrons. The highest BCUT2D eigenvalue weighted by Crippen LogP contribution is 2.40. The van der Waals surface area contributed by atoms with E-state index in [1.54, 1.807) is 24.1 Å². The van der Waals surface area contributed by atoms with Gasteiger partial charge in [0.2, 0.25) is 11.8 Å². The molecule has 6 rings (SSSR count). The van der Waals surface area contributed by atoms with Crippen LogP contribution < -0.4 is 15.0 Å². The lowest BCUT2D eigenvalue weighted by Crippen LogP contribution is -2.48. The number of benzene rings is 1. The van der Waals surface area contributed by atoms with E-state index in [0.717, 1.165) is 44.1 Å². The molecular weight excluding hydrogens is 456 g/mol. The lowest BCUT2D eigenvalue weighted by atomic mass is 9.92. The Balaban J connectivity index is 1.22. The van der Waals surface area contributed by atoms with Gasteiger partial charge in [-0.2, -0.15) is 10.1 Å². The largest absolute Gasteiger partial charge is 0.480 e. The van der Waals surface area contributed by atoms with E-state index in [1.807, 2.05) is 6.07 Å². The summed E-state index contributed by atoms with van der Waals surface area (Å²) in [6.45, 7) is 2.80. The molecule has 2 fully saturated rings. The Kier molecular flexibility index (Phi) is 5.71. The number of aryl methyl sites for hydroxylation is 1. The molecule has 0 spiro atoms. The van der Waals surface area contributed by atoms with Crippen molar-refractivity contribution < 1.29 is 18.3 Å². The van der Waals surface area contributed by atoms with E-state index in [4.69, 9.17) is 14.5 Å². The minimum absolute atomic E-state index is 0.141. The number of nitrogens with one attached hydrogen (secondary N) is 1. The van der Waals surface area contributed by atoms with Gasteiger partial charge in [0, 0.05) is 43.9 Å². The van der Waals surface area contributed by atoms with Crippen LogP contribution in [0.3, 0.4) is 0 Å². The van der Waals surface area contributed by atoms with Gasteiger partial charge in [-0.15, -0.1) is 10.2 Å². The number of piperidine rings is 1. The third-order valence-corrected chi connectivity index (χ3v) is 7.32. The molecule has 2 aliphatic heterocycles. The van der Waals surface area contributed by atoms with Gasteiger partial charge in [0.1, 0.15) is 6.10 Å². The Morgan fingerprint density at radius 1 is 1.17 bits per heavy atom. The monoisotopic (exact) mass is 483 g/mol. The predicted molar refractivity (Wildman–Crippen MR) is 123 cm³/mol. The number of fused-ring (bicyclic) bond motifs is 3. The maximum Gasteiger partial charge on any atom is 0.242 e. The molecule has 3 aromatic rings. The zero-order valence-electron chi connectivity index (χ0n) is 19.4. The summed E-state index contributed by atoms with van der Waals surface area (Å²) < 4.78 is 41.4. The first kappa shape index (κ1) is 22.1. The number of nitrogens with zero attached hydrogens (tertiary/aromatic N) is 6. The second-order valence-corrected chi connectivity index (χ2v) is 9.39. The zero-order valence-corrected chi connectivity index (χ0v) is 19.4. The van der Waals surface area contributed by atoms with Crippen LogP contribution in [0.4, 0.5) is 20.4 Å². The van der Waals surface area contributed by atoms with Crippen molar-refractivity contribution in [2.75, 3.05) is 37.0 Å². The molecule has 0 amide bonds. The van der Waals surface area contributed by atoms with E-state index in [2.05, 4.69) is 25.5 Å². The average molecular weight is 484 g/mol. The molecule has 1 aliphatic carbocycles. The highest BCUT2D eigenvalue weighted by molar-refractivity contribution is 5.48. The first-order valence-electron chi connectivity index (χ1n) is 12.0. The molecule has 0 radical (unpaired) electrons. The molecule has 35 heavy (non-hydrogen) atoms. The van der Waals surface area contributed by atoms with Crippen LogP contribution in [0.15, 0.2) is 30.5 Å². The SMILES string of the molecule is COc1cc(N2C[C@H]3CC[C@@H](C2)[C@@H]3Nc2nc3n(n2)CCCO[C@H]3c2cccc(F)c2F)cnn1. The van der Waals surface area contributed by atoms with Crippen LogP contribution in [0.5, 0.6) is 5.88 Å². The maximum atomic E-state index is 14.6. The number of aromatic nitrogens is 5. The smallest absolute Gasteiger partial charge is 0.242 e. The van der Waals surface area contributed by atoms with Gasteiger partial charge < -0.3 is 19.7 Å². The molecule has 1 N–H and O–H groups in total. The first-order chi connectivity index (χ1) is 17.1. The summed E-state index contributed by atoms with van der Waals surface area (Å²) in [5.74, 6) is 0.545. The van der Waals surface area contributed by atoms with Crippen molar-refractivity contribution in [2.45, 2.75) is 38.0 Å².